The lowest BCUT2D eigenvalue weighted by Gasteiger charge is -2.04. The Bertz CT molecular complexity index is 1210. The van der Waals surface area contributed by atoms with Crippen LogP contribution in [0, 0.1) is 13.8 Å². The quantitative estimate of drug-likeness (QED) is 0.511. The van der Waals surface area contributed by atoms with Crippen molar-refractivity contribution in [3.63, 3.8) is 0 Å². The summed E-state index contributed by atoms with van der Waals surface area (Å²) in [5, 5.41) is 2.27. The lowest BCUT2D eigenvalue weighted by Crippen LogP contribution is -2.14. The van der Waals surface area contributed by atoms with Gasteiger partial charge in [-0.25, -0.2) is 0 Å². The molecule has 26 heavy (non-hydrogen) atoms. The number of fused-ring (bicyclic) bond motifs is 2. The lowest BCUT2D eigenvalue weighted by atomic mass is 10.0. The van der Waals surface area contributed by atoms with Gasteiger partial charge in [-0.3, -0.25) is 4.79 Å². The maximum Gasteiger partial charge on any atom is 0.252 e. The Balaban J connectivity index is 1.74. The summed E-state index contributed by atoms with van der Waals surface area (Å²) in [6.45, 7) is 4.19. The van der Waals surface area contributed by atoms with Crippen LogP contribution in [0.15, 0.2) is 59.6 Å². The molecular formula is C22H20N2OS. The van der Waals surface area contributed by atoms with Gasteiger partial charge in [0.25, 0.3) is 5.91 Å². The number of benzene rings is 3. The van der Waals surface area contributed by atoms with E-state index >= 15 is 0 Å². The van der Waals surface area contributed by atoms with Crippen LogP contribution in [-0.2, 0) is 18.3 Å². The second kappa shape index (κ2) is 6.54. The van der Waals surface area contributed by atoms with Crippen LogP contribution in [0.25, 0.3) is 21.0 Å². The van der Waals surface area contributed by atoms with E-state index in [2.05, 4.69) is 49.2 Å². The molecule has 4 aromatic rings. The first kappa shape index (κ1) is 16.7. The number of amides is 1. The summed E-state index contributed by atoms with van der Waals surface area (Å²) in [6.07, 6.45) is 0.313. The number of aryl methyl sites for hydroxylation is 3. The summed E-state index contributed by atoms with van der Waals surface area (Å²) >= 11 is 1.57. The molecule has 0 aliphatic carbocycles. The molecule has 130 valence electrons. The predicted octanol–water partition coefficient (Wildman–Crippen LogP) is 4.68. The van der Waals surface area contributed by atoms with Crippen LogP contribution in [0.5, 0.6) is 0 Å². The van der Waals surface area contributed by atoms with Crippen molar-refractivity contribution in [1.82, 2.24) is 4.57 Å². The molecule has 0 fully saturated rings. The van der Waals surface area contributed by atoms with E-state index in [1.807, 2.05) is 35.9 Å². The van der Waals surface area contributed by atoms with Gasteiger partial charge in [0.15, 0.2) is 4.80 Å². The molecule has 4 rings (SSSR count). The van der Waals surface area contributed by atoms with Gasteiger partial charge in [0, 0.05) is 7.05 Å². The van der Waals surface area contributed by atoms with Crippen LogP contribution in [0.1, 0.15) is 16.7 Å². The maximum atomic E-state index is 12.6. The number of thiazole rings is 1. The van der Waals surface area contributed by atoms with Crippen molar-refractivity contribution in [3.8, 4) is 0 Å². The van der Waals surface area contributed by atoms with E-state index < -0.39 is 0 Å². The number of carbonyl (C=O) groups excluding carboxylic acids is 1. The highest BCUT2D eigenvalue weighted by Crippen LogP contribution is 2.22. The van der Waals surface area contributed by atoms with E-state index in [4.69, 9.17) is 0 Å². The molecule has 0 aliphatic heterocycles. The second-order valence-corrected chi connectivity index (χ2v) is 7.70. The average Bonchev–Trinajstić information content (AvgIpc) is 2.90. The minimum atomic E-state index is -0.113. The van der Waals surface area contributed by atoms with Crippen LogP contribution in [0.3, 0.4) is 0 Å². The van der Waals surface area contributed by atoms with E-state index in [1.54, 1.807) is 11.3 Å². The van der Waals surface area contributed by atoms with Crippen molar-refractivity contribution >= 4 is 38.2 Å². The van der Waals surface area contributed by atoms with Crippen molar-refractivity contribution in [2.75, 3.05) is 0 Å². The second-order valence-electron chi connectivity index (χ2n) is 6.69. The van der Waals surface area contributed by atoms with Crippen molar-refractivity contribution in [2.24, 2.45) is 12.0 Å². The smallest absolute Gasteiger partial charge is 0.252 e. The first-order valence-electron chi connectivity index (χ1n) is 8.64. The number of rotatable bonds is 2. The van der Waals surface area contributed by atoms with Crippen molar-refractivity contribution in [2.45, 2.75) is 20.3 Å². The first-order chi connectivity index (χ1) is 12.5. The summed E-state index contributed by atoms with van der Waals surface area (Å²) in [7, 11) is 1.98. The predicted molar refractivity (Wildman–Crippen MR) is 108 cm³/mol. The van der Waals surface area contributed by atoms with Gasteiger partial charge in [0.1, 0.15) is 0 Å². The fourth-order valence-corrected chi connectivity index (χ4v) is 4.76. The SMILES string of the molecule is Cc1cc(C)c2c(c1)sc(=NC(=O)Cc1cccc3ccccc13)n2C. The summed E-state index contributed by atoms with van der Waals surface area (Å²) in [6, 6.07) is 18.5. The summed E-state index contributed by atoms with van der Waals surface area (Å²) in [4.78, 5) is 17.8. The third kappa shape index (κ3) is 2.97. The van der Waals surface area contributed by atoms with Gasteiger partial charge >= 0.3 is 0 Å². The molecule has 0 atom stereocenters. The Hall–Kier alpha value is -2.72. The average molecular weight is 360 g/mol. The zero-order valence-corrected chi connectivity index (χ0v) is 15.9. The molecule has 3 aromatic carbocycles. The Morgan fingerprint density at radius 2 is 1.85 bits per heavy atom. The number of hydrogen-bond donors (Lipinski definition) is 0. The third-order valence-electron chi connectivity index (χ3n) is 4.68. The Kier molecular flexibility index (Phi) is 4.21. The Morgan fingerprint density at radius 3 is 2.69 bits per heavy atom. The summed E-state index contributed by atoms with van der Waals surface area (Å²) < 4.78 is 3.19. The number of nitrogens with zero attached hydrogens (tertiary/aromatic N) is 2. The van der Waals surface area contributed by atoms with Crippen molar-refractivity contribution in [1.29, 1.82) is 0 Å². The molecule has 0 saturated heterocycles. The topological polar surface area (TPSA) is 34.4 Å². The Labute approximate surface area is 156 Å². The van der Waals surface area contributed by atoms with Gasteiger partial charge in [-0.1, -0.05) is 59.9 Å². The largest absolute Gasteiger partial charge is 0.319 e. The summed E-state index contributed by atoms with van der Waals surface area (Å²) in [5.41, 5.74) is 4.61. The number of aromatic nitrogens is 1. The molecule has 0 aliphatic rings. The molecule has 1 aromatic heterocycles. The van der Waals surface area contributed by atoms with E-state index in [0.717, 1.165) is 26.7 Å². The molecule has 0 radical (unpaired) electrons. The van der Waals surface area contributed by atoms with Gasteiger partial charge in [-0.15, -0.1) is 0 Å². The molecule has 0 saturated carbocycles. The molecule has 0 spiro atoms. The van der Waals surface area contributed by atoms with E-state index in [1.165, 1.54) is 15.8 Å². The molecule has 1 heterocycles. The molecule has 4 heteroatoms. The molecule has 0 unspecified atom stereocenters. The molecule has 0 bridgehead atoms. The minimum Gasteiger partial charge on any atom is -0.319 e. The van der Waals surface area contributed by atoms with Crippen LogP contribution in [0.2, 0.25) is 0 Å². The van der Waals surface area contributed by atoms with Crippen LogP contribution in [0.4, 0.5) is 0 Å². The molecule has 0 N–H and O–H groups in total. The zero-order chi connectivity index (χ0) is 18.3. The van der Waals surface area contributed by atoms with Crippen molar-refractivity contribution < 1.29 is 4.79 Å². The molecule has 1 amide bonds. The lowest BCUT2D eigenvalue weighted by molar-refractivity contribution is -0.117. The van der Waals surface area contributed by atoms with Crippen LogP contribution < -0.4 is 4.80 Å². The highest BCUT2D eigenvalue weighted by Gasteiger charge is 2.10. The zero-order valence-electron chi connectivity index (χ0n) is 15.1. The highest BCUT2D eigenvalue weighted by atomic mass is 32.1. The monoisotopic (exact) mass is 360 g/mol. The van der Waals surface area contributed by atoms with Crippen LogP contribution in [-0.4, -0.2) is 10.5 Å². The standard InChI is InChI=1S/C22H20N2OS/c1-14-11-15(2)21-19(12-14)26-22(24(21)3)23-20(25)13-17-9-6-8-16-7-4-5-10-18(16)17/h4-12H,13H2,1-3H3. The minimum absolute atomic E-state index is 0.113. The van der Waals surface area contributed by atoms with E-state index in [9.17, 15) is 4.79 Å². The van der Waals surface area contributed by atoms with Gasteiger partial charge in [0.05, 0.1) is 16.6 Å². The number of hydrogen-bond acceptors (Lipinski definition) is 2. The van der Waals surface area contributed by atoms with Crippen molar-refractivity contribution in [3.05, 3.63) is 76.1 Å². The first-order valence-corrected chi connectivity index (χ1v) is 9.45. The molecule has 3 nitrogen and oxygen atoms in total. The normalized spacial score (nSPS) is 12.2. The van der Waals surface area contributed by atoms with Gasteiger partial charge < -0.3 is 4.57 Å². The van der Waals surface area contributed by atoms with E-state index in [-0.39, 0.29) is 5.91 Å². The highest BCUT2D eigenvalue weighted by molar-refractivity contribution is 7.16. The van der Waals surface area contributed by atoms with Crippen LogP contribution >= 0.6 is 11.3 Å². The van der Waals surface area contributed by atoms with Gasteiger partial charge in [-0.2, -0.15) is 4.99 Å². The fourth-order valence-electron chi connectivity index (χ4n) is 3.54. The van der Waals surface area contributed by atoms with E-state index in [0.29, 0.717) is 6.42 Å². The summed E-state index contributed by atoms with van der Waals surface area (Å²) in [5.74, 6) is -0.113. The Morgan fingerprint density at radius 1 is 1.08 bits per heavy atom. The maximum absolute atomic E-state index is 12.6. The van der Waals surface area contributed by atoms with Gasteiger partial charge in [-0.05, 0) is 47.4 Å². The van der Waals surface area contributed by atoms with Gasteiger partial charge in [0.2, 0.25) is 0 Å². The fraction of sp³-hybridized carbons (Fsp3) is 0.182. The molecular weight excluding hydrogens is 340 g/mol. The number of carbonyl (C=O) groups is 1. The third-order valence-corrected chi connectivity index (χ3v) is 5.75.